The van der Waals surface area contributed by atoms with Gasteiger partial charge in [-0.2, -0.15) is 0 Å². The second kappa shape index (κ2) is 6.53. The molecule has 1 nitrogen and oxygen atoms in total. The number of aromatic nitrogens is 1. The summed E-state index contributed by atoms with van der Waals surface area (Å²) in [6, 6.07) is 19.5. The molecule has 1 heterocycles. The molecule has 1 aromatic heterocycles. The molecule has 2 aromatic carbocycles. The van der Waals surface area contributed by atoms with Gasteiger partial charge in [-0.3, -0.25) is 4.98 Å². The van der Waals surface area contributed by atoms with Crippen LogP contribution in [-0.2, 0) is 12.8 Å². The van der Waals surface area contributed by atoms with Crippen molar-refractivity contribution in [3.8, 4) is 0 Å². The van der Waals surface area contributed by atoms with E-state index in [4.69, 9.17) is 0 Å². The van der Waals surface area contributed by atoms with Crippen LogP contribution in [0.25, 0.3) is 10.8 Å². The zero-order valence-electron chi connectivity index (χ0n) is 12.5. The van der Waals surface area contributed by atoms with Gasteiger partial charge in [0.1, 0.15) is 0 Å². The van der Waals surface area contributed by atoms with Crippen LogP contribution >= 0.6 is 0 Å². The average Bonchev–Trinajstić information content (AvgIpc) is 2.54. The highest BCUT2D eigenvalue weighted by Gasteiger charge is 2.06. The third-order valence-electron chi connectivity index (χ3n) is 4.09. The molecule has 1 heteroatoms. The Morgan fingerprint density at radius 1 is 0.952 bits per heavy atom. The van der Waals surface area contributed by atoms with E-state index in [2.05, 4.69) is 60.4 Å². The lowest BCUT2D eigenvalue weighted by Crippen LogP contribution is -2.02. The van der Waals surface area contributed by atoms with Gasteiger partial charge in [0.2, 0.25) is 0 Å². The first-order valence-corrected chi connectivity index (χ1v) is 7.68. The highest BCUT2D eigenvalue weighted by atomic mass is 14.6. The molecule has 1 atom stereocenters. The van der Waals surface area contributed by atoms with Gasteiger partial charge in [0.25, 0.3) is 0 Å². The van der Waals surface area contributed by atoms with Crippen molar-refractivity contribution in [2.45, 2.75) is 26.2 Å². The van der Waals surface area contributed by atoms with Gasteiger partial charge in [0.15, 0.2) is 0 Å². The minimum absolute atomic E-state index is 0.674. The van der Waals surface area contributed by atoms with Crippen LogP contribution < -0.4 is 0 Å². The molecule has 0 bridgehead atoms. The fourth-order valence-electron chi connectivity index (χ4n) is 2.94. The molecule has 0 aliphatic carbocycles. The lowest BCUT2D eigenvalue weighted by molar-refractivity contribution is 0.531. The summed E-state index contributed by atoms with van der Waals surface area (Å²) < 4.78 is 0. The number of hydrogen-bond donors (Lipinski definition) is 0. The maximum absolute atomic E-state index is 4.20. The second-order valence-electron chi connectivity index (χ2n) is 5.85. The Balaban J connectivity index is 1.66. The van der Waals surface area contributed by atoms with Crippen molar-refractivity contribution >= 4 is 10.8 Å². The van der Waals surface area contributed by atoms with Crippen molar-refractivity contribution in [3.05, 3.63) is 78.1 Å². The van der Waals surface area contributed by atoms with E-state index < -0.39 is 0 Å². The van der Waals surface area contributed by atoms with Gasteiger partial charge >= 0.3 is 0 Å². The lowest BCUT2D eigenvalue weighted by atomic mass is 9.93. The molecule has 0 saturated heterocycles. The monoisotopic (exact) mass is 275 g/mol. The number of hydrogen-bond acceptors (Lipinski definition) is 1. The van der Waals surface area contributed by atoms with Gasteiger partial charge < -0.3 is 0 Å². The largest absolute Gasteiger partial charge is 0.264 e. The molecule has 21 heavy (non-hydrogen) atoms. The maximum atomic E-state index is 4.20. The van der Waals surface area contributed by atoms with Crippen LogP contribution in [0.5, 0.6) is 0 Å². The topological polar surface area (TPSA) is 12.9 Å². The first kappa shape index (κ1) is 13.8. The molecule has 0 aliphatic heterocycles. The van der Waals surface area contributed by atoms with Crippen molar-refractivity contribution in [3.63, 3.8) is 0 Å². The molecule has 0 saturated carbocycles. The Morgan fingerprint density at radius 2 is 1.81 bits per heavy atom. The molecule has 0 fully saturated rings. The first-order chi connectivity index (χ1) is 10.3. The van der Waals surface area contributed by atoms with E-state index in [1.165, 1.54) is 28.3 Å². The molecular formula is C20H21N. The van der Waals surface area contributed by atoms with Crippen molar-refractivity contribution in [1.82, 2.24) is 4.98 Å². The molecule has 0 amide bonds. The number of benzene rings is 2. The summed E-state index contributed by atoms with van der Waals surface area (Å²) in [7, 11) is 0. The summed E-state index contributed by atoms with van der Waals surface area (Å²) in [5, 5.41) is 2.74. The molecular weight excluding hydrogens is 254 g/mol. The van der Waals surface area contributed by atoms with Crippen molar-refractivity contribution in [2.24, 2.45) is 5.92 Å². The third-order valence-corrected chi connectivity index (χ3v) is 4.09. The van der Waals surface area contributed by atoms with E-state index in [1.54, 1.807) is 0 Å². The zero-order chi connectivity index (χ0) is 14.5. The molecule has 3 aromatic rings. The average molecular weight is 275 g/mol. The summed E-state index contributed by atoms with van der Waals surface area (Å²) in [5.74, 6) is 0.674. The number of nitrogens with zero attached hydrogens (tertiary/aromatic N) is 1. The van der Waals surface area contributed by atoms with Gasteiger partial charge in [-0.1, -0.05) is 55.5 Å². The quantitative estimate of drug-likeness (QED) is 0.635. The fourth-order valence-corrected chi connectivity index (χ4v) is 2.94. The van der Waals surface area contributed by atoms with Crippen LogP contribution in [0.15, 0.2) is 67.0 Å². The Labute approximate surface area is 126 Å². The summed E-state index contributed by atoms with van der Waals surface area (Å²) in [6.07, 6.45) is 7.28. The lowest BCUT2D eigenvalue weighted by Gasteiger charge is -2.12. The van der Waals surface area contributed by atoms with E-state index >= 15 is 0 Å². The number of fused-ring (bicyclic) bond motifs is 1. The van der Waals surface area contributed by atoms with Gasteiger partial charge in [0, 0.05) is 12.4 Å². The third kappa shape index (κ3) is 3.49. The summed E-state index contributed by atoms with van der Waals surface area (Å²) >= 11 is 0. The van der Waals surface area contributed by atoms with Crippen LogP contribution in [0.3, 0.4) is 0 Å². The number of pyridine rings is 1. The number of aryl methyl sites for hydroxylation is 1. The van der Waals surface area contributed by atoms with Crippen LogP contribution in [0, 0.1) is 5.92 Å². The first-order valence-electron chi connectivity index (χ1n) is 7.68. The Bertz CT molecular complexity index is 698. The molecule has 0 N–H and O–H groups in total. The SMILES string of the molecule is CC(CCc1cccc2ccccc12)Cc1cccnc1. The molecule has 106 valence electrons. The smallest absolute Gasteiger partial charge is 0.0299 e. The standard InChI is InChI=1S/C20H21N/c1-16(14-17-6-5-13-21-15-17)11-12-19-9-4-8-18-7-2-3-10-20(18)19/h2-10,13,15-16H,11-12,14H2,1H3. The molecule has 0 radical (unpaired) electrons. The predicted octanol–water partition coefficient (Wildman–Crippen LogP) is 5.05. The Morgan fingerprint density at radius 3 is 2.67 bits per heavy atom. The van der Waals surface area contributed by atoms with Crippen LogP contribution in [0.2, 0.25) is 0 Å². The van der Waals surface area contributed by atoms with Gasteiger partial charge in [0.05, 0.1) is 0 Å². The van der Waals surface area contributed by atoms with E-state index in [-0.39, 0.29) is 0 Å². The van der Waals surface area contributed by atoms with Crippen LogP contribution in [0.4, 0.5) is 0 Å². The fraction of sp³-hybridized carbons (Fsp3) is 0.250. The number of rotatable bonds is 5. The van der Waals surface area contributed by atoms with Gasteiger partial charge in [-0.25, -0.2) is 0 Å². The Hall–Kier alpha value is -2.15. The summed E-state index contributed by atoms with van der Waals surface area (Å²) in [6.45, 7) is 2.33. The maximum Gasteiger partial charge on any atom is 0.0299 e. The zero-order valence-corrected chi connectivity index (χ0v) is 12.5. The van der Waals surface area contributed by atoms with E-state index in [9.17, 15) is 0 Å². The van der Waals surface area contributed by atoms with E-state index in [0.717, 1.165) is 12.8 Å². The predicted molar refractivity (Wildman–Crippen MR) is 89.4 cm³/mol. The highest BCUT2D eigenvalue weighted by Crippen LogP contribution is 2.22. The van der Waals surface area contributed by atoms with Gasteiger partial charge in [-0.15, -0.1) is 0 Å². The Kier molecular flexibility index (Phi) is 4.30. The van der Waals surface area contributed by atoms with Crippen LogP contribution in [0.1, 0.15) is 24.5 Å². The molecule has 0 aliphatic rings. The summed E-state index contributed by atoms with van der Waals surface area (Å²) in [4.78, 5) is 4.20. The molecule has 1 unspecified atom stereocenters. The van der Waals surface area contributed by atoms with Crippen molar-refractivity contribution in [1.29, 1.82) is 0 Å². The van der Waals surface area contributed by atoms with Crippen molar-refractivity contribution in [2.75, 3.05) is 0 Å². The molecule has 3 rings (SSSR count). The second-order valence-corrected chi connectivity index (χ2v) is 5.85. The van der Waals surface area contributed by atoms with E-state index in [1.807, 2.05) is 18.5 Å². The van der Waals surface area contributed by atoms with Gasteiger partial charge in [-0.05, 0) is 53.1 Å². The minimum Gasteiger partial charge on any atom is -0.264 e. The molecule has 0 spiro atoms. The van der Waals surface area contributed by atoms with Crippen molar-refractivity contribution < 1.29 is 0 Å². The summed E-state index contributed by atoms with van der Waals surface area (Å²) in [5.41, 5.74) is 2.80. The normalized spacial score (nSPS) is 12.4. The minimum atomic E-state index is 0.674. The van der Waals surface area contributed by atoms with Crippen LogP contribution in [-0.4, -0.2) is 4.98 Å². The van der Waals surface area contributed by atoms with E-state index in [0.29, 0.717) is 5.92 Å². The highest BCUT2D eigenvalue weighted by molar-refractivity contribution is 5.85.